The molecular weight excluding hydrogens is 296 g/mol. The van der Waals surface area contributed by atoms with Crippen LogP contribution in [-0.2, 0) is 16.1 Å². The Hall–Kier alpha value is -2.15. The van der Waals surface area contributed by atoms with Gasteiger partial charge in [0.25, 0.3) is 5.56 Å². The van der Waals surface area contributed by atoms with Crippen LogP contribution in [0.5, 0.6) is 0 Å². The van der Waals surface area contributed by atoms with Crippen molar-refractivity contribution in [3.05, 3.63) is 34.0 Å². The second-order valence-corrected chi connectivity index (χ2v) is 6.33. The Morgan fingerprint density at radius 2 is 1.96 bits per heavy atom. The highest BCUT2D eigenvalue weighted by Gasteiger charge is 2.18. The monoisotopic (exact) mass is 320 g/mol. The Bertz CT molecular complexity index is 771. The number of aromatic nitrogens is 3. The van der Waals surface area contributed by atoms with Crippen molar-refractivity contribution in [1.29, 1.82) is 0 Å². The summed E-state index contributed by atoms with van der Waals surface area (Å²) in [5.74, 6) is 0.309. The van der Waals surface area contributed by atoms with Crippen LogP contribution in [0.1, 0.15) is 58.0 Å². The number of hydrogen-bond acceptors (Lipinski definition) is 5. The summed E-state index contributed by atoms with van der Waals surface area (Å²) in [6.07, 6.45) is 1.64. The third-order valence-corrected chi connectivity index (χ3v) is 3.48. The van der Waals surface area contributed by atoms with Gasteiger partial charge in [-0.25, -0.2) is 4.68 Å². The molecule has 7 nitrogen and oxygen atoms in total. The highest BCUT2D eigenvalue weighted by Crippen LogP contribution is 2.19. The normalized spacial score (nSPS) is 13.0. The van der Waals surface area contributed by atoms with E-state index >= 15 is 0 Å². The van der Waals surface area contributed by atoms with E-state index in [2.05, 4.69) is 5.10 Å². The molecule has 0 spiro atoms. The molecule has 2 aromatic rings. The molecule has 2 rings (SSSR count). The van der Waals surface area contributed by atoms with Gasteiger partial charge in [-0.1, -0.05) is 13.8 Å². The van der Waals surface area contributed by atoms with Gasteiger partial charge in [-0.3, -0.25) is 14.0 Å². The molecular formula is C16H24N4O3. The quantitative estimate of drug-likeness (QED) is 0.845. The molecule has 0 bridgehead atoms. The van der Waals surface area contributed by atoms with Crippen molar-refractivity contribution in [3.63, 3.8) is 0 Å². The van der Waals surface area contributed by atoms with Gasteiger partial charge in [-0.05, 0) is 38.3 Å². The first kappa shape index (κ1) is 17.2. The van der Waals surface area contributed by atoms with Crippen LogP contribution in [-0.4, -0.2) is 26.3 Å². The number of hydrogen-bond donors (Lipinski definition) is 1. The molecule has 2 N–H and O–H groups in total. The molecule has 0 aliphatic carbocycles. The van der Waals surface area contributed by atoms with Gasteiger partial charge < -0.3 is 10.5 Å². The Kier molecular flexibility index (Phi) is 4.89. The largest absolute Gasteiger partial charge is 0.462 e. The van der Waals surface area contributed by atoms with E-state index in [9.17, 15) is 9.59 Å². The van der Waals surface area contributed by atoms with Crippen LogP contribution in [0, 0.1) is 0 Å². The van der Waals surface area contributed by atoms with Crippen molar-refractivity contribution in [2.24, 2.45) is 5.73 Å². The summed E-state index contributed by atoms with van der Waals surface area (Å²) in [6.45, 7) is 9.17. The first-order valence-electron chi connectivity index (χ1n) is 7.78. The second-order valence-electron chi connectivity index (χ2n) is 6.33. The van der Waals surface area contributed by atoms with Crippen LogP contribution < -0.4 is 11.3 Å². The third-order valence-electron chi connectivity index (χ3n) is 3.48. The number of carbonyl (C=O) groups is 1. The number of fused-ring (bicyclic) bond motifs is 1. The fourth-order valence-corrected chi connectivity index (χ4v) is 2.34. The Morgan fingerprint density at radius 1 is 1.30 bits per heavy atom. The van der Waals surface area contributed by atoms with Gasteiger partial charge in [0, 0.05) is 6.20 Å². The number of rotatable bonds is 5. The number of esters is 1. The van der Waals surface area contributed by atoms with E-state index in [0.717, 1.165) is 10.2 Å². The van der Waals surface area contributed by atoms with Crippen molar-refractivity contribution in [1.82, 2.24) is 14.2 Å². The molecule has 0 amide bonds. The topological polar surface area (TPSA) is 91.6 Å². The fourth-order valence-electron chi connectivity index (χ4n) is 2.34. The minimum atomic E-state index is -0.495. The first-order chi connectivity index (χ1) is 10.7. The summed E-state index contributed by atoms with van der Waals surface area (Å²) in [7, 11) is 0. The van der Waals surface area contributed by atoms with Crippen LogP contribution in [0.25, 0.3) is 5.52 Å². The van der Waals surface area contributed by atoms with Crippen LogP contribution in [0.4, 0.5) is 0 Å². The summed E-state index contributed by atoms with van der Waals surface area (Å²) in [4.78, 5) is 24.4. The van der Waals surface area contributed by atoms with Crippen molar-refractivity contribution < 1.29 is 9.53 Å². The zero-order valence-corrected chi connectivity index (χ0v) is 14.2. The smallest absolute Gasteiger partial charge is 0.328 e. The van der Waals surface area contributed by atoms with Gasteiger partial charge in [0.1, 0.15) is 12.1 Å². The summed E-state index contributed by atoms with van der Waals surface area (Å²) < 4.78 is 7.93. The van der Waals surface area contributed by atoms with Gasteiger partial charge in [0.15, 0.2) is 5.82 Å². The van der Waals surface area contributed by atoms with Crippen LogP contribution in [0.15, 0.2) is 17.1 Å². The molecule has 7 heteroatoms. The van der Waals surface area contributed by atoms with Gasteiger partial charge in [0.05, 0.1) is 12.1 Å². The molecule has 126 valence electrons. The predicted molar refractivity (Wildman–Crippen MR) is 87.4 cm³/mol. The Labute approximate surface area is 135 Å². The van der Waals surface area contributed by atoms with Crippen molar-refractivity contribution in [3.8, 4) is 0 Å². The average molecular weight is 320 g/mol. The maximum absolute atomic E-state index is 12.6. The molecule has 1 atom stereocenters. The summed E-state index contributed by atoms with van der Waals surface area (Å²) >= 11 is 0. The summed E-state index contributed by atoms with van der Waals surface area (Å²) in [5, 5.41) is 4.26. The maximum Gasteiger partial charge on any atom is 0.328 e. The molecule has 0 saturated heterocycles. The van der Waals surface area contributed by atoms with E-state index in [1.165, 1.54) is 0 Å². The van der Waals surface area contributed by atoms with E-state index in [-0.39, 0.29) is 30.2 Å². The lowest BCUT2D eigenvalue weighted by Crippen LogP contribution is -2.32. The highest BCUT2D eigenvalue weighted by molar-refractivity contribution is 5.69. The molecule has 1 unspecified atom stereocenters. The number of ether oxygens (including phenoxy) is 1. The lowest BCUT2D eigenvalue weighted by molar-refractivity contribution is -0.148. The minimum Gasteiger partial charge on any atom is -0.462 e. The van der Waals surface area contributed by atoms with Gasteiger partial charge in [0.2, 0.25) is 0 Å². The van der Waals surface area contributed by atoms with E-state index in [1.54, 1.807) is 25.2 Å². The van der Waals surface area contributed by atoms with Gasteiger partial charge >= 0.3 is 5.97 Å². The molecule has 2 aromatic heterocycles. The van der Waals surface area contributed by atoms with E-state index in [4.69, 9.17) is 10.5 Å². The lowest BCUT2D eigenvalue weighted by Gasteiger charge is -2.13. The number of nitrogens with zero attached hydrogens (tertiary/aromatic N) is 3. The molecule has 0 fully saturated rings. The number of nitrogens with two attached hydrogens (primary N) is 1. The minimum absolute atomic E-state index is 0.227. The van der Waals surface area contributed by atoms with Crippen molar-refractivity contribution in [2.45, 2.75) is 59.2 Å². The Morgan fingerprint density at radius 3 is 2.48 bits per heavy atom. The zero-order chi connectivity index (χ0) is 17.3. The van der Waals surface area contributed by atoms with E-state index < -0.39 is 5.97 Å². The van der Waals surface area contributed by atoms with Crippen molar-refractivity contribution >= 4 is 11.5 Å². The SMILES string of the molecule is CC(C)OC(=O)Cn1nc(C(C)N)n2cc(C(C)C)cc2c1=O. The fraction of sp³-hybridized carbons (Fsp3) is 0.562. The Balaban J connectivity index is 2.56. The average Bonchev–Trinajstić information content (AvgIpc) is 2.86. The second kappa shape index (κ2) is 6.54. The lowest BCUT2D eigenvalue weighted by atomic mass is 10.1. The molecule has 0 saturated carbocycles. The maximum atomic E-state index is 12.6. The summed E-state index contributed by atoms with van der Waals surface area (Å²) in [5.41, 5.74) is 7.14. The van der Waals surface area contributed by atoms with E-state index in [1.807, 2.05) is 26.1 Å². The van der Waals surface area contributed by atoms with Crippen LogP contribution in [0.2, 0.25) is 0 Å². The molecule has 0 aromatic carbocycles. The van der Waals surface area contributed by atoms with Crippen LogP contribution in [0.3, 0.4) is 0 Å². The predicted octanol–water partition coefficient (Wildman–Crippen LogP) is 1.59. The molecule has 0 radical (unpaired) electrons. The van der Waals surface area contributed by atoms with Crippen LogP contribution >= 0.6 is 0 Å². The molecule has 0 aliphatic rings. The molecule has 23 heavy (non-hydrogen) atoms. The molecule has 2 heterocycles. The standard InChI is InChI=1S/C16H24N4O3/c1-9(2)12-6-13-16(22)20(8-14(21)23-10(3)4)18-15(11(5)17)19(13)7-12/h6-7,9-11H,8,17H2,1-5H3. The van der Waals surface area contributed by atoms with Gasteiger partial charge in [-0.2, -0.15) is 5.10 Å². The van der Waals surface area contributed by atoms with Gasteiger partial charge in [-0.15, -0.1) is 0 Å². The first-order valence-corrected chi connectivity index (χ1v) is 7.78. The third kappa shape index (κ3) is 3.61. The zero-order valence-electron chi connectivity index (χ0n) is 14.2. The molecule has 0 aliphatic heterocycles. The number of carbonyl (C=O) groups excluding carboxylic acids is 1. The van der Waals surface area contributed by atoms with E-state index in [0.29, 0.717) is 11.3 Å². The summed E-state index contributed by atoms with van der Waals surface area (Å²) in [6, 6.07) is 1.45. The van der Waals surface area contributed by atoms with Crippen molar-refractivity contribution in [2.75, 3.05) is 0 Å². The highest BCUT2D eigenvalue weighted by atomic mass is 16.5.